The summed E-state index contributed by atoms with van der Waals surface area (Å²) in [5.41, 5.74) is 5.10. The average Bonchev–Trinajstić information content (AvgIpc) is 3.04. The number of nitrogens with one attached hydrogen (secondary N) is 2. The van der Waals surface area contributed by atoms with Crippen molar-refractivity contribution >= 4 is 23.5 Å². The second kappa shape index (κ2) is 10.1. The summed E-state index contributed by atoms with van der Waals surface area (Å²) in [5.74, 6) is -0.299. The van der Waals surface area contributed by atoms with Crippen molar-refractivity contribution < 1.29 is 14.4 Å². The van der Waals surface area contributed by atoms with Gasteiger partial charge in [0.2, 0.25) is 5.91 Å². The number of nitrogens with zero attached hydrogens (tertiary/aromatic N) is 3. The molecule has 0 atom stereocenters. The number of urea groups is 1. The number of hydrogen-bond acceptors (Lipinski definition) is 4. The summed E-state index contributed by atoms with van der Waals surface area (Å²) >= 11 is 0. The van der Waals surface area contributed by atoms with Gasteiger partial charge in [-0.3, -0.25) is 9.59 Å². The van der Waals surface area contributed by atoms with E-state index in [1.165, 1.54) is 11.1 Å². The van der Waals surface area contributed by atoms with E-state index in [1.807, 2.05) is 41.3 Å². The molecule has 1 saturated heterocycles. The molecule has 8 heteroatoms. The van der Waals surface area contributed by atoms with Gasteiger partial charge in [-0.15, -0.1) is 0 Å². The number of likely N-dealkylation sites (tertiary alicyclic amines) is 1. The Morgan fingerprint density at radius 1 is 0.971 bits per heavy atom. The van der Waals surface area contributed by atoms with Crippen LogP contribution in [0, 0.1) is 0 Å². The Hall–Kier alpha value is -3.39. The van der Waals surface area contributed by atoms with Gasteiger partial charge < -0.3 is 25.3 Å². The lowest BCUT2D eigenvalue weighted by molar-refractivity contribution is -0.131. The van der Waals surface area contributed by atoms with Crippen molar-refractivity contribution in [2.24, 2.45) is 0 Å². The smallest absolute Gasteiger partial charge is 0.322 e. The zero-order valence-electron chi connectivity index (χ0n) is 20.3. The molecule has 0 bridgehead atoms. The highest BCUT2D eigenvalue weighted by atomic mass is 16.2. The average molecular weight is 476 g/mol. The van der Waals surface area contributed by atoms with Crippen LogP contribution in [0.25, 0.3) is 0 Å². The first-order valence-electron chi connectivity index (χ1n) is 12.5. The van der Waals surface area contributed by atoms with Gasteiger partial charge in [-0.25, -0.2) is 4.79 Å². The van der Waals surface area contributed by atoms with Crippen LogP contribution in [-0.2, 0) is 24.2 Å². The lowest BCUT2D eigenvalue weighted by Gasteiger charge is -2.38. The van der Waals surface area contributed by atoms with Gasteiger partial charge in [-0.1, -0.05) is 24.3 Å². The van der Waals surface area contributed by atoms with Gasteiger partial charge in [0.15, 0.2) is 0 Å². The van der Waals surface area contributed by atoms with Crippen molar-refractivity contribution in [1.82, 2.24) is 20.0 Å². The Bertz CT molecular complexity index is 1130. The second-order valence-corrected chi connectivity index (χ2v) is 9.80. The molecule has 2 N–H and O–H groups in total. The van der Waals surface area contributed by atoms with Gasteiger partial charge in [-0.05, 0) is 67.6 Å². The van der Waals surface area contributed by atoms with E-state index in [4.69, 9.17) is 0 Å². The van der Waals surface area contributed by atoms with Crippen LogP contribution in [0.5, 0.6) is 0 Å². The fourth-order valence-electron chi connectivity index (χ4n) is 5.37. The Kier molecular flexibility index (Phi) is 6.72. The molecule has 3 heterocycles. The van der Waals surface area contributed by atoms with Crippen LogP contribution in [0.2, 0.25) is 0 Å². The molecule has 1 fully saturated rings. The zero-order valence-corrected chi connectivity index (χ0v) is 20.3. The maximum Gasteiger partial charge on any atom is 0.322 e. The van der Waals surface area contributed by atoms with E-state index in [2.05, 4.69) is 28.6 Å². The summed E-state index contributed by atoms with van der Waals surface area (Å²) in [6.45, 7) is 3.70. The maximum absolute atomic E-state index is 12.8. The third kappa shape index (κ3) is 5.17. The second-order valence-electron chi connectivity index (χ2n) is 9.80. The van der Waals surface area contributed by atoms with Gasteiger partial charge in [0.25, 0.3) is 5.91 Å². The molecule has 8 nitrogen and oxygen atoms in total. The number of fused-ring (bicyclic) bond motifs is 2. The van der Waals surface area contributed by atoms with E-state index >= 15 is 0 Å². The molecule has 4 amide bonds. The Morgan fingerprint density at radius 2 is 1.74 bits per heavy atom. The molecule has 2 aromatic carbocycles. The molecule has 35 heavy (non-hydrogen) atoms. The van der Waals surface area contributed by atoms with Crippen molar-refractivity contribution in [3.05, 3.63) is 64.7 Å². The van der Waals surface area contributed by atoms with Gasteiger partial charge in [0, 0.05) is 50.0 Å². The molecule has 3 aliphatic rings. The number of benzene rings is 2. The van der Waals surface area contributed by atoms with E-state index < -0.39 is 0 Å². The highest BCUT2D eigenvalue weighted by Crippen LogP contribution is 2.24. The number of piperidine rings is 1. The van der Waals surface area contributed by atoms with Crippen LogP contribution in [0.3, 0.4) is 0 Å². The molecule has 184 valence electrons. The lowest BCUT2D eigenvalue weighted by Crippen LogP contribution is -2.51. The van der Waals surface area contributed by atoms with Gasteiger partial charge in [-0.2, -0.15) is 0 Å². The first-order valence-corrected chi connectivity index (χ1v) is 12.5. The van der Waals surface area contributed by atoms with Crippen LogP contribution in [0.4, 0.5) is 10.5 Å². The number of hydrogen-bond donors (Lipinski definition) is 2. The van der Waals surface area contributed by atoms with Crippen molar-refractivity contribution in [3.8, 4) is 0 Å². The lowest BCUT2D eigenvalue weighted by atomic mass is 9.97. The molecular weight excluding hydrogens is 442 g/mol. The first-order chi connectivity index (χ1) is 17.0. The van der Waals surface area contributed by atoms with E-state index in [0.717, 1.165) is 50.0 Å². The number of rotatable bonds is 4. The quantitative estimate of drug-likeness (QED) is 0.712. The minimum atomic E-state index is -0.218. The number of amides is 4. The molecule has 0 aromatic heterocycles. The molecule has 0 unspecified atom stereocenters. The molecule has 2 aromatic rings. The minimum absolute atomic E-state index is 0.0139. The third-order valence-electron chi connectivity index (χ3n) is 7.47. The standard InChI is InChI=1S/C27H33N5O3/c1-30-12-8-19-6-7-21(16-22(19)18-30)26(34)28-17-25(33)31-13-10-23(11-14-31)32-15-9-20-4-2-3-5-24(20)29-27(32)35/h2-7,16,23H,8-15,17-18H2,1H3,(H,28,34)(H,29,35). The van der Waals surface area contributed by atoms with Crippen LogP contribution in [0.1, 0.15) is 39.9 Å². The number of carbonyl (C=O) groups is 3. The highest BCUT2D eigenvalue weighted by molar-refractivity contribution is 5.96. The number of likely N-dealkylation sites (N-methyl/N-ethyl adjacent to an activating group) is 1. The summed E-state index contributed by atoms with van der Waals surface area (Å²) < 4.78 is 0. The van der Waals surface area contributed by atoms with Crippen LogP contribution in [0.15, 0.2) is 42.5 Å². The molecule has 3 aliphatic heterocycles. The largest absolute Gasteiger partial charge is 0.343 e. The van der Waals surface area contributed by atoms with E-state index in [0.29, 0.717) is 25.2 Å². The maximum atomic E-state index is 12.8. The van der Waals surface area contributed by atoms with Crippen LogP contribution >= 0.6 is 0 Å². The molecule has 0 radical (unpaired) electrons. The third-order valence-corrected chi connectivity index (χ3v) is 7.47. The van der Waals surface area contributed by atoms with E-state index in [9.17, 15) is 14.4 Å². The zero-order chi connectivity index (χ0) is 24.4. The Labute approximate surface area is 206 Å². The van der Waals surface area contributed by atoms with Gasteiger partial charge >= 0.3 is 6.03 Å². The summed E-state index contributed by atoms with van der Waals surface area (Å²) in [5, 5.41) is 5.83. The molecule has 0 spiro atoms. The first kappa shape index (κ1) is 23.4. The Morgan fingerprint density at radius 3 is 2.57 bits per heavy atom. The van der Waals surface area contributed by atoms with Crippen LogP contribution < -0.4 is 10.6 Å². The molecule has 5 rings (SSSR count). The predicted molar refractivity (Wildman–Crippen MR) is 134 cm³/mol. The van der Waals surface area contributed by atoms with Gasteiger partial charge in [0.05, 0.1) is 6.54 Å². The summed E-state index contributed by atoms with van der Waals surface area (Å²) in [4.78, 5) is 44.2. The molecule has 0 aliphatic carbocycles. The van der Waals surface area contributed by atoms with Crippen molar-refractivity contribution in [1.29, 1.82) is 0 Å². The minimum Gasteiger partial charge on any atom is -0.343 e. The molecular formula is C27H33N5O3. The monoisotopic (exact) mass is 475 g/mol. The normalized spacial score (nSPS) is 18.8. The van der Waals surface area contributed by atoms with Crippen molar-refractivity contribution in [3.63, 3.8) is 0 Å². The number of para-hydroxylation sites is 1. The predicted octanol–water partition coefficient (Wildman–Crippen LogP) is 2.49. The van der Waals surface area contributed by atoms with Gasteiger partial charge in [0.1, 0.15) is 0 Å². The van der Waals surface area contributed by atoms with Crippen molar-refractivity contribution in [2.75, 3.05) is 45.1 Å². The topological polar surface area (TPSA) is 85.0 Å². The number of anilines is 1. The van der Waals surface area contributed by atoms with Crippen molar-refractivity contribution in [2.45, 2.75) is 38.3 Å². The fourth-order valence-corrected chi connectivity index (χ4v) is 5.37. The van der Waals surface area contributed by atoms with E-state index in [1.54, 1.807) is 4.90 Å². The SMILES string of the molecule is CN1CCc2ccc(C(=O)NCC(=O)N3CCC(N4CCc5ccccc5NC4=O)CC3)cc2C1. The fraction of sp³-hybridized carbons (Fsp3) is 0.444. The summed E-state index contributed by atoms with van der Waals surface area (Å²) in [6.07, 6.45) is 3.29. The summed E-state index contributed by atoms with van der Waals surface area (Å²) in [6, 6.07) is 13.8. The summed E-state index contributed by atoms with van der Waals surface area (Å²) in [7, 11) is 2.08. The molecule has 0 saturated carbocycles. The Balaban J connectivity index is 1.11. The number of carbonyl (C=O) groups excluding carboxylic acids is 3. The van der Waals surface area contributed by atoms with E-state index in [-0.39, 0.29) is 30.4 Å². The van der Waals surface area contributed by atoms with Crippen LogP contribution in [-0.4, -0.2) is 78.4 Å². The highest BCUT2D eigenvalue weighted by Gasteiger charge is 2.31.